The van der Waals surface area contributed by atoms with Crippen LogP contribution in [0.2, 0.25) is 0 Å². The number of aromatic nitrogens is 1. The third-order valence-corrected chi connectivity index (χ3v) is 3.40. The van der Waals surface area contributed by atoms with Gasteiger partial charge < -0.3 is 4.98 Å². The third kappa shape index (κ3) is 2.12. The van der Waals surface area contributed by atoms with Crippen molar-refractivity contribution >= 4 is 11.8 Å². The summed E-state index contributed by atoms with van der Waals surface area (Å²) in [5.74, 6) is 0. The Hall–Kier alpha value is -1.57. The van der Waals surface area contributed by atoms with Crippen LogP contribution in [0.5, 0.6) is 0 Å². The number of aromatic amines is 1. The van der Waals surface area contributed by atoms with Crippen molar-refractivity contribution in [2.45, 2.75) is 41.0 Å². The van der Waals surface area contributed by atoms with Crippen molar-refractivity contribution in [1.82, 2.24) is 4.98 Å². The van der Waals surface area contributed by atoms with Gasteiger partial charge in [0.2, 0.25) is 0 Å². The Morgan fingerprint density at radius 3 is 2.41 bits per heavy atom. The van der Waals surface area contributed by atoms with Gasteiger partial charge in [0.05, 0.1) is 5.70 Å². The lowest BCUT2D eigenvalue weighted by Gasteiger charge is -1.99. The number of hydrogen-bond acceptors (Lipinski definition) is 1. The lowest BCUT2D eigenvalue weighted by Crippen LogP contribution is -1.91. The summed E-state index contributed by atoms with van der Waals surface area (Å²) in [7, 11) is 0. The molecule has 2 nitrogen and oxygen atoms in total. The maximum atomic E-state index is 4.66. The van der Waals surface area contributed by atoms with Crippen LogP contribution in [-0.2, 0) is 0 Å². The normalized spacial score (nSPS) is 18.2. The zero-order valence-electron chi connectivity index (χ0n) is 11.3. The first kappa shape index (κ1) is 11.9. The molecule has 0 saturated heterocycles. The highest BCUT2D eigenvalue weighted by Crippen LogP contribution is 2.29. The SMILES string of the molecule is CCC1=C(C)/C(=C/c2cc(C)[nH]c2C)N=C1C. The highest BCUT2D eigenvalue weighted by Gasteiger charge is 2.16. The van der Waals surface area contributed by atoms with E-state index >= 15 is 0 Å². The van der Waals surface area contributed by atoms with Gasteiger partial charge in [-0.15, -0.1) is 0 Å². The first-order chi connectivity index (χ1) is 8.02. The van der Waals surface area contributed by atoms with Gasteiger partial charge in [-0.05, 0) is 63.0 Å². The van der Waals surface area contributed by atoms with Gasteiger partial charge in [0.15, 0.2) is 0 Å². The van der Waals surface area contributed by atoms with Gasteiger partial charge in [0.25, 0.3) is 0 Å². The van der Waals surface area contributed by atoms with Crippen molar-refractivity contribution in [2.24, 2.45) is 4.99 Å². The van der Waals surface area contributed by atoms with Crippen LogP contribution in [0.3, 0.4) is 0 Å². The summed E-state index contributed by atoms with van der Waals surface area (Å²) in [6.07, 6.45) is 3.24. The van der Waals surface area contributed by atoms with Crippen LogP contribution in [0.1, 0.15) is 44.1 Å². The van der Waals surface area contributed by atoms with E-state index in [-0.39, 0.29) is 0 Å². The number of allylic oxidation sites excluding steroid dienone is 2. The zero-order valence-corrected chi connectivity index (χ0v) is 11.3. The average molecular weight is 228 g/mol. The van der Waals surface area contributed by atoms with Crippen LogP contribution < -0.4 is 0 Å². The first-order valence-corrected chi connectivity index (χ1v) is 6.16. The van der Waals surface area contributed by atoms with E-state index < -0.39 is 0 Å². The molecule has 2 rings (SSSR count). The van der Waals surface area contributed by atoms with Gasteiger partial charge in [-0.2, -0.15) is 0 Å². The summed E-state index contributed by atoms with van der Waals surface area (Å²) in [5, 5.41) is 0. The molecule has 0 fully saturated rings. The molecule has 1 aliphatic rings. The molecular formula is C15H20N2. The summed E-state index contributed by atoms with van der Waals surface area (Å²) in [4.78, 5) is 7.98. The molecule has 2 heterocycles. The van der Waals surface area contributed by atoms with Crippen LogP contribution >= 0.6 is 0 Å². The number of hydrogen-bond donors (Lipinski definition) is 1. The Morgan fingerprint density at radius 2 is 1.94 bits per heavy atom. The van der Waals surface area contributed by atoms with Gasteiger partial charge in [0.1, 0.15) is 0 Å². The van der Waals surface area contributed by atoms with Gasteiger partial charge in [-0.1, -0.05) is 6.92 Å². The fourth-order valence-corrected chi connectivity index (χ4v) is 2.46. The second-order valence-electron chi connectivity index (χ2n) is 4.72. The molecular weight excluding hydrogens is 208 g/mol. The minimum absolute atomic E-state index is 1.06. The van der Waals surface area contributed by atoms with E-state index in [1.165, 1.54) is 33.8 Å². The molecule has 1 aromatic heterocycles. The number of H-pyrrole nitrogens is 1. The number of aliphatic imine (C=N–C) groups is 1. The molecule has 0 aromatic carbocycles. The Balaban J connectivity index is 2.44. The number of rotatable bonds is 2. The van der Waals surface area contributed by atoms with Gasteiger partial charge in [-0.25, -0.2) is 0 Å². The van der Waals surface area contributed by atoms with Crippen molar-refractivity contribution in [2.75, 3.05) is 0 Å². The number of nitrogens with zero attached hydrogens (tertiary/aromatic N) is 1. The monoisotopic (exact) mass is 228 g/mol. The molecule has 1 aromatic rings. The highest BCUT2D eigenvalue weighted by atomic mass is 14.8. The van der Waals surface area contributed by atoms with E-state index in [1.807, 2.05) is 0 Å². The van der Waals surface area contributed by atoms with Crippen molar-refractivity contribution in [1.29, 1.82) is 0 Å². The van der Waals surface area contributed by atoms with Crippen LogP contribution in [0.4, 0.5) is 0 Å². The van der Waals surface area contributed by atoms with E-state index in [1.54, 1.807) is 0 Å². The van der Waals surface area contributed by atoms with Crippen LogP contribution in [0, 0.1) is 13.8 Å². The Labute approximate surface area is 103 Å². The topological polar surface area (TPSA) is 28.1 Å². The maximum absolute atomic E-state index is 4.66. The molecule has 17 heavy (non-hydrogen) atoms. The molecule has 1 aliphatic heterocycles. The Kier molecular flexibility index (Phi) is 3.05. The van der Waals surface area contributed by atoms with E-state index in [4.69, 9.17) is 0 Å². The third-order valence-electron chi connectivity index (χ3n) is 3.40. The maximum Gasteiger partial charge on any atom is 0.0672 e. The van der Waals surface area contributed by atoms with E-state index in [0.29, 0.717) is 0 Å². The van der Waals surface area contributed by atoms with Gasteiger partial charge in [-0.3, -0.25) is 4.99 Å². The largest absolute Gasteiger partial charge is 0.362 e. The van der Waals surface area contributed by atoms with Gasteiger partial charge >= 0.3 is 0 Å². The predicted molar refractivity (Wildman–Crippen MR) is 74.3 cm³/mol. The quantitative estimate of drug-likeness (QED) is 0.787. The van der Waals surface area contributed by atoms with E-state index in [9.17, 15) is 0 Å². The average Bonchev–Trinajstić information content (AvgIpc) is 2.69. The molecule has 0 atom stereocenters. The predicted octanol–water partition coefficient (Wildman–Crippen LogP) is 4.17. The number of nitrogens with one attached hydrogen (secondary N) is 1. The highest BCUT2D eigenvalue weighted by molar-refractivity contribution is 6.03. The second-order valence-corrected chi connectivity index (χ2v) is 4.72. The zero-order chi connectivity index (χ0) is 12.6. The van der Waals surface area contributed by atoms with Crippen molar-refractivity contribution in [3.05, 3.63) is 39.9 Å². The summed E-state index contributed by atoms with van der Waals surface area (Å²) >= 11 is 0. The van der Waals surface area contributed by atoms with Gasteiger partial charge in [0, 0.05) is 17.1 Å². The smallest absolute Gasteiger partial charge is 0.0672 e. The molecule has 0 aliphatic carbocycles. The fourth-order valence-electron chi connectivity index (χ4n) is 2.46. The molecule has 1 N–H and O–H groups in total. The summed E-state index contributed by atoms with van der Waals surface area (Å²) in [6, 6.07) is 2.17. The Bertz CT molecular complexity index is 539. The molecule has 0 spiro atoms. The molecule has 90 valence electrons. The fraction of sp³-hybridized carbons (Fsp3) is 0.400. The van der Waals surface area contributed by atoms with Crippen LogP contribution in [0.25, 0.3) is 6.08 Å². The van der Waals surface area contributed by atoms with E-state index in [2.05, 4.69) is 56.7 Å². The number of aryl methyl sites for hydroxylation is 2. The minimum atomic E-state index is 1.06. The second kappa shape index (κ2) is 4.36. The van der Waals surface area contributed by atoms with Crippen molar-refractivity contribution in [3.63, 3.8) is 0 Å². The molecule has 0 radical (unpaired) electrons. The standard InChI is InChI=1S/C15H20N2/c1-6-14-10(3)15(17-12(14)5)8-13-7-9(2)16-11(13)4/h7-8,16H,6H2,1-5H3/b15-8-. The lowest BCUT2D eigenvalue weighted by molar-refractivity contribution is 1.15. The lowest BCUT2D eigenvalue weighted by atomic mass is 10.0. The Morgan fingerprint density at radius 1 is 1.24 bits per heavy atom. The summed E-state index contributed by atoms with van der Waals surface area (Å²) < 4.78 is 0. The molecule has 0 saturated carbocycles. The van der Waals surface area contributed by atoms with E-state index in [0.717, 1.165) is 12.1 Å². The van der Waals surface area contributed by atoms with Crippen molar-refractivity contribution < 1.29 is 0 Å². The summed E-state index contributed by atoms with van der Waals surface area (Å²) in [6.45, 7) is 10.6. The minimum Gasteiger partial charge on any atom is -0.362 e. The first-order valence-electron chi connectivity index (χ1n) is 6.16. The molecule has 2 heteroatoms. The van der Waals surface area contributed by atoms with Crippen LogP contribution in [-0.4, -0.2) is 10.7 Å². The summed E-state index contributed by atoms with van der Waals surface area (Å²) in [5.41, 5.74) is 8.64. The molecule has 0 amide bonds. The molecule has 0 unspecified atom stereocenters. The van der Waals surface area contributed by atoms with Crippen molar-refractivity contribution in [3.8, 4) is 0 Å². The van der Waals surface area contributed by atoms with Crippen LogP contribution in [0.15, 0.2) is 27.9 Å². The molecule has 0 bridgehead atoms.